The van der Waals surface area contributed by atoms with E-state index in [4.69, 9.17) is 13.9 Å². The van der Waals surface area contributed by atoms with Gasteiger partial charge in [-0.15, -0.1) is 48.0 Å². The van der Waals surface area contributed by atoms with E-state index < -0.39 is 0 Å². The van der Waals surface area contributed by atoms with E-state index in [1.54, 1.807) is 12.3 Å². The fourth-order valence-electron chi connectivity index (χ4n) is 9.40. The number of halogens is 1. The summed E-state index contributed by atoms with van der Waals surface area (Å²) in [5, 5.41) is 4.21. The van der Waals surface area contributed by atoms with Crippen molar-refractivity contribution in [3.63, 3.8) is 0 Å². The Morgan fingerprint density at radius 3 is 2.01 bits per heavy atom. The molecular weight excluding hydrogens is 1020 g/mol. The van der Waals surface area contributed by atoms with Crippen molar-refractivity contribution in [1.29, 1.82) is 0 Å². The second-order valence-electron chi connectivity index (χ2n) is 19.9. The molecule has 3 aromatic heterocycles. The number of hydrogen-bond donors (Lipinski definition) is 0. The van der Waals surface area contributed by atoms with Crippen LogP contribution in [-0.4, -0.2) is 16.7 Å². The molecule has 0 amide bonds. The van der Waals surface area contributed by atoms with Crippen molar-refractivity contribution in [3.05, 3.63) is 186 Å². The number of benzene rings is 7. The zero-order chi connectivity index (χ0) is 46.4. The first kappa shape index (κ1) is 45.0. The number of aryl methyl sites for hydroxylation is 2. The largest absolute Gasteiger partial charge is 0.500 e. The van der Waals surface area contributed by atoms with Crippen LogP contribution in [-0.2, 0) is 30.9 Å². The molecule has 68 heavy (non-hydrogen) atoms. The van der Waals surface area contributed by atoms with E-state index in [0.717, 1.165) is 100 Å². The Hall–Kier alpha value is -6.86. The molecule has 10 aromatic rings. The van der Waals surface area contributed by atoms with Gasteiger partial charge < -0.3 is 23.9 Å². The van der Waals surface area contributed by atoms with Gasteiger partial charge in [-0.3, -0.25) is 4.39 Å². The number of rotatable bonds is 3. The van der Waals surface area contributed by atoms with Crippen LogP contribution in [0.25, 0.3) is 66.4 Å². The summed E-state index contributed by atoms with van der Waals surface area (Å²) in [6, 6.07) is 51.2. The summed E-state index contributed by atoms with van der Waals surface area (Å²) in [5.74, 6) is 3.22. The van der Waals surface area contributed by atoms with Crippen molar-refractivity contribution < 1.29 is 38.4 Å². The molecule has 0 unspecified atom stereocenters. The normalized spacial score (nSPS) is 12.6. The third kappa shape index (κ3) is 7.89. The van der Waals surface area contributed by atoms with Crippen LogP contribution < -0.4 is 25.9 Å². The average molecular weight is 1070 g/mol. The number of aromatic nitrogens is 2. The number of para-hydroxylation sites is 1. The molecule has 0 spiro atoms. The molecule has 0 saturated heterocycles. The van der Waals surface area contributed by atoms with Gasteiger partial charge in [0.1, 0.15) is 28.6 Å². The second kappa shape index (κ2) is 17.0. The summed E-state index contributed by atoms with van der Waals surface area (Å²) >= 11 is 0. The van der Waals surface area contributed by atoms with Gasteiger partial charge >= 0.3 is 0 Å². The average Bonchev–Trinajstić information content (AvgIpc) is 3.71. The van der Waals surface area contributed by atoms with Gasteiger partial charge in [-0.1, -0.05) is 131 Å². The van der Waals surface area contributed by atoms with Crippen LogP contribution >= 0.6 is 0 Å². The monoisotopic (exact) mass is 1070 g/mol. The molecular formula is C60H48BFIrN2O3-2. The molecule has 0 saturated carbocycles. The molecule has 2 aliphatic heterocycles. The summed E-state index contributed by atoms with van der Waals surface area (Å²) in [6.07, 6.45) is 3.62. The first-order chi connectivity index (χ1) is 32.2. The first-order valence-corrected chi connectivity index (χ1v) is 22.8. The summed E-state index contributed by atoms with van der Waals surface area (Å²) in [4.78, 5) is 8.87. The molecule has 0 N–H and O–H groups in total. The summed E-state index contributed by atoms with van der Waals surface area (Å²) < 4.78 is 33.1. The zero-order valence-corrected chi connectivity index (χ0v) is 41.7. The van der Waals surface area contributed by atoms with Gasteiger partial charge in [-0.05, 0) is 105 Å². The Balaban J connectivity index is 0.000000288. The molecule has 7 aromatic carbocycles. The number of ether oxygens (including phenoxy) is 2. The predicted molar refractivity (Wildman–Crippen MR) is 272 cm³/mol. The molecule has 2 aliphatic rings. The van der Waals surface area contributed by atoms with Crippen molar-refractivity contribution in [2.24, 2.45) is 0 Å². The number of furan rings is 1. The number of fused-ring (bicyclic) bond motifs is 9. The van der Waals surface area contributed by atoms with Crippen molar-refractivity contribution in [3.8, 4) is 56.6 Å². The molecule has 337 valence electrons. The Labute approximate surface area is 410 Å². The summed E-state index contributed by atoms with van der Waals surface area (Å²) in [6.45, 7) is 17.6. The van der Waals surface area contributed by atoms with Crippen LogP contribution in [0.1, 0.15) is 63.8 Å². The van der Waals surface area contributed by atoms with Crippen LogP contribution in [0, 0.1) is 31.8 Å². The van der Waals surface area contributed by atoms with Gasteiger partial charge in [0.05, 0.1) is 5.58 Å². The van der Waals surface area contributed by atoms with Crippen LogP contribution in [0.15, 0.2) is 150 Å². The van der Waals surface area contributed by atoms with Crippen LogP contribution in [0.3, 0.4) is 0 Å². The number of hydrogen-bond acceptors (Lipinski definition) is 5. The molecule has 0 atom stereocenters. The Morgan fingerprint density at radius 1 is 0.603 bits per heavy atom. The smallest absolute Gasteiger partial charge is 0.260 e. The maximum absolute atomic E-state index is 12.7. The van der Waals surface area contributed by atoms with E-state index in [-0.39, 0.29) is 43.5 Å². The van der Waals surface area contributed by atoms with Crippen molar-refractivity contribution in [1.82, 2.24) is 9.97 Å². The molecule has 0 fully saturated rings. The van der Waals surface area contributed by atoms with E-state index in [2.05, 4.69) is 149 Å². The fourth-order valence-corrected chi connectivity index (χ4v) is 9.40. The molecule has 8 heteroatoms. The van der Waals surface area contributed by atoms with Crippen LogP contribution in [0.2, 0.25) is 0 Å². The van der Waals surface area contributed by atoms with Crippen molar-refractivity contribution >= 4 is 55.8 Å². The molecule has 0 bridgehead atoms. The van der Waals surface area contributed by atoms with Crippen LogP contribution in [0.5, 0.6) is 23.0 Å². The standard InChI is InChI=1S/C47H37BNO3.C13H11FN.Ir/c1-46(2,3)29-17-20-39-36(25-29)48-37-26-30(47(4,5)6)18-21-40(37)51-45-32-19-16-27(23-28(32)24-41(50-39)42(45)48)31-11-9-12-33-34-13-10-14-35(44(34)52-43(31)33)38-15-7-8-22-49-38;1-9-7-13(15-8-10(9)2)11-3-5-12(14)6-4-11;/h7-13,15-26H,1-6H3;3,5-8H,1-2H3;/q2*-1;. The van der Waals surface area contributed by atoms with Crippen LogP contribution in [0.4, 0.5) is 4.39 Å². The number of nitrogens with zero attached hydrogens (tertiary/aromatic N) is 2. The summed E-state index contributed by atoms with van der Waals surface area (Å²) in [7, 11) is 0. The molecule has 0 aliphatic carbocycles. The van der Waals surface area contributed by atoms with Crippen molar-refractivity contribution in [2.45, 2.75) is 66.2 Å². The topological polar surface area (TPSA) is 57.4 Å². The first-order valence-electron chi connectivity index (χ1n) is 22.8. The number of pyridine rings is 2. The SMILES string of the molecule is CC(C)(C)c1ccc2c(c1)B1c3cc(C(C)(C)C)ccc3Oc3c1c(cc1cc(-c4cccc5c4oc4c(-c6ccccn6)[c-]ccc45)ccc31)O2.Cc1cnc(-c2[c-]cc(F)cc2)cc1C.[Ir]. The van der Waals surface area contributed by atoms with E-state index in [9.17, 15) is 4.39 Å². The zero-order valence-electron chi connectivity index (χ0n) is 39.3. The minimum atomic E-state index is -0.275. The Kier molecular flexibility index (Phi) is 11.3. The van der Waals surface area contributed by atoms with Gasteiger partial charge in [0.15, 0.2) is 0 Å². The maximum atomic E-state index is 12.7. The van der Waals surface area contributed by atoms with E-state index in [1.165, 1.54) is 39.7 Å². The predicted octanol–water partition coefficient (Wildman–Crippen LogP) is 13.9. The fraction of sp³-hybridized carbons (Fsp3) is 0.167. The van der Waals surface area contributed by atoms with Gasteiger partial charge in [-0.25, -0.2) is 0 Å². The summed E-state index contributed by atoms with van der Waals surface area (Å²) in [5.41, 5.74) is 15.4. The second-order valence-corrected chi connectivity index (χ2v) is 19.9. The third-order valence-electron chi connectivity index (χ3n) is 13.3. The quantitative estimate of drug-likeness (QED) is 0.130. The maximum Gasteiger partial charge on any atom is 0.260 e. The van der Waals surface area contributed by atoms with Gasteiger partial charge in [0.25, 0.3) is 6.71 Å². The van der Waals surface area contributed by atoms with E-state index >= 15 is 0 Å². The molecule has 5 heterocycles. The minimum Gasteiger partial charge on any atom is -0.500 e. The molecule has 1 radical (unpaired) electrons. The molecule has 5 nitrogen and oxygen atoms in total. The Bertz CT molecular complexity index is 3570. The van der Waals surface area contributed by atoms with Gasteiger partial charge in [0, 0.05) is 60.1 Å². The van der Waals surface area contributed by atoms with E-state index in [0.29, 0.717) is 0 Å². The minimum absolute atomic E-state index is 0. The van der Waals surface area contributed by atoms with Crippen molar-refractivity contribution in [2.75, 3.05) is 0 Å². The van der Waals surface area contributed by atoms with Gasteiger partial charge in [-0.2, -0.15) is 0 Å². The third-order valence-corrected chi connectivity index (χ3v) is 13.3. The Morgan fingerprint density at radius 2 is 1.34 bits per heavy atom. The van der Waals surface area contributed by atoms with Gasteiger partial charge in [0.2, 0.25) is 0 Å². The van der Waals surface area contributed by atoms with E-state index in [1.807, 2.05) is 50.4 Å². The molecule has 12 rings (SSSR count).